The zero-order valence-corrected chi connectivity index (χ0v) is 12.5. The first-order valence-electron chi connectivity index (χ1n) is 6.62. The first-order valence-corrected chi connectivity index (χ1v) is 7.44. The Labute approximate surface area is 114 Å². The van der Waals surface area contributed by atoms with Gasteiger partial charge in [-0.25, -0.2) is 4.98 Å². The molecule has 1 atom stereocenters. The van der Waals surface area contributed by atoms with E-state index in [0.717, 1.165) is 11.4 Å². The number of hydrogen-bond donors (Lipinski definition) is 1. The Morgan fingerprint density at radius 2 is 1.94 bits per heavy atom. The predicted molar refractivity (Wildman–Crippen MR) is 74.9 cm³/mol. The van der Waals surface area contributed by atoms with Crippen molar-refractivity contribution < 1.29 is 9.47 Å². The van der Waals surface area contributed by atoms with Gasteiger partial charge in [-0.3, -0.25) is 0 Å². The Bertz CT molecular complexity index is 325. The average molecular weight is 272 g/mol. The van der Waals surface area contributed by atoms with Crippen LogP contribution in [0.25, 0.3) is 0 Å². The van der Waals surface area contributed by atoms with Gasteiger partial charge in [-0.2, -0.15) is 0 Å². The Morgan fingerprint density at radius 1 is 1.28 bits per heavy atom. The fraction of sp³-hybridized carbons (Fsp3) is 0.769. The van der Waals surface area contributed by atoms with Crippen LogP contribution in [0.4, 0.5) is 0 Å². The molecule has 4 nitrogen and oxygen atoms in total. The third-order valence-corrected chi connectivity index (χ3v) is 3.91. The van der Waals surface area contributed by atoms with Gasteiger partial charge >= 0.3 is 0 Å². The third kappa shape index (κ3) is 5.02. The Balaban J connectivity index is 2.40. The normalized spacial score (nSPS) is 13.2. The highest BCUT2D eigenvalue weighted by Crippen LogP contribution is 2.20. The van der Waals surface area contributed by atoms with Gasteiger partial charge in [0, 0.05) is 30.8 Å². The number of hydrogen-bond acceptors (Lipinski definition) is 5. The number of nitrogens with one attached hydrogen (secondary N) is 1. The fourth-order valence-electron chi connectivity index (χ4n) is 1.58. The van der Waals surface area contributed by atoms with Crippen LogP contribution < -0.4 is 5.32 Å². The smallest absolute Gasteiger partial charge is 0.169 e. The highest BCUT2D eigenvalue weighted by Gasteiger charge is 2.13. The van der Waals surface area contributed by atoms with E-state index in [-0.39, 0.29) is 12.3 Å². The van der Waals surface area contributed by atoms with Gasteiger partial charge in [-0.1, -0.05) is 6.92 Å². The zero-order valence-electron chi connectivity index (χ0n) is 11.7. The molecule has 1 heterocycles. The van der Waals surface area contributed by atoms with E-state index in [1.807, 2.05) is 20.0 Å². The van der Waals surface area contributed by atoms with Crippen molar-refractivity contribution >= 4 is 11.3 Å². The second-order valence-electron chi connectivity index (χ2n) is 3.99. The topological polar surface area (TPSA) is 43.4 Å². The Morgan fingerprint density at radius 3 is 2.44 bits per heavy atom. The molecule has 0 saturated carbocycles. The molecule has 0 aliphatic rings. The summed E-state index contributed by atoms with van der Waals surface area (Å²) in [7, 11) is 0. The first-order chi connectivity index (χ1) is 8.71. The maximum Gasteiger partial charge on any atom is 0.169 e. The molecule has 0 aliphatic carbocycles. The molecule has 0 saturated heterocycles. The summed E-state index contributed by atoms with van der Waals surface area (Å²) >= 11 is 1.76. The van der Waals surface area contributed by atoms with Crippen molar-refractivity contribution in [3.8, 4) is 0 Å². The lowest BCUT2D eigenvalue weighted by molar-refractivity contribution is -0.133. The van der Waals surface area contributed by atoms with Gasteiger partial charge in [-0.05, 0) is 27.2 Å². The minimum atomic E-state index is -0.173. The van der Waals surface area contributed by atoms with E-state index in [1.165, 1.54) is 4.88 Å². The van der Waals surface area contributed by atoms with Gasteiger partial charge in [0.25, 0.3) is 0 Å². The zero-order chi connectivity index (χ0) is 13.4. The molecule has 0 spiro atoms. The molecule has 5 heteroatoms. The SMILES string of the molecule is CCOC(CNC(C)c1ncc(CC)s1)OCC. The van der Waals surface area contributed by atoms with E-state index < -0.39 is 0 Å². The van der Waals surface area contributed by atoms with Crippen molar-refractivity contribution in [3.63, 3.8) is 0 Å². The summed E-state index contributed by atoms with van der Waals surface area (Å²) in [6.45, 7) is 10.2. The molecule has 18 heavy (non-hydrogen) atoms. The molecule has 1 aromatic heterocycles. The monoisotopic (exact) mass is 272 g/mol. The second kappa shape index (κ2) is 8.58. The molecular formula is C13H24N2O2S. The minimum Gasteiger partial charge on any atom is -0.352 e. The van der Waals surface area contributed by atoms with E-state index in [9.17, 15) is 0 Å². The molecule has 0 radical (unpaired) electrons. The van der Waals surface area contributed by atoms with Crippen molar-refractivity contribution in [2.75, 3.05) is 19.8 Å². The van der Waals surface area contributed by atoms with Crippen LogP contribution in [0.2, 0.25) is 0 Å². The van der Waals surface area contributed by atoms with E-state index in [0.29, 0.717) is 19.8 Å². The summed E-state index contributed by atoms with van der Waals surface area (Å²) in [5.74, 6) is 0. The van der Waals surface area contributed by atoms with E-state index in [1.54, 1.807) is 11.3 Å². The quantitative estimate of drug-likeness (QED) is 0.702. The van der Waals surface area contributed by atoms with Crippen molar-refractivity contribution in [1.82, 2.24) is 10.3 Å². The van der Waals surface area contributed by atoms with Gasteiger partial charge in [0.15, 0.2) is 6.29 Å². The number of aromatic nitrogens is 1. The number of ether oxygens (including phenoxy) is 2. The third-order valence-electron chi connectivity index (χ3n) is 2.59. The van der Waals surface area contributed by atoms with E-state index in [4.69, 9.17) is 9.47 Å². The van der Waals surface area contributed by atoms with Crippen LogP contribution in [0, 0.1) is 0 Å². The number of rotatable bonds is 9. The van der Waals surface area contributed by atoms with Crippen LogP contribution in [0.1, 0.15) is 43.6 Å². The summed E-state index contributed by atoms with van der Waals surface area (Å²) in [6.07, 6.45) is 2.83. The molecule has 0 aliphatic heterocycles. The van der Waals surface area contributed by atoms with Crippen molar-refractivity contribution in [3.05, 3.63) is 16.1 Å². The average Bonchev–Trinajstić information content (AvgIpc) is 2.85. The lowest BCUT2D eigenvalue weighted by atomic mass is 10.3. The molecule has 1 unspecified atom stereocenters. The predicted octanol–water partition coefficient (Wildman–Crippen LogP) is 2.76. The molecule has 104 valence electrons. The lowest BCUT2D eigenvalue weighted by Gasteiger charge is -2.19. The molecule has 0 fully saturated rings. The largest absolute Gasteiger partial charge is 0.352 e. The van der Waals surface area contributed by atoms with Crippen LogP contribution in [0.15, 0.2) is 6.20 Å². The number of nitrogens with zero attached hydrogens (tertiary/aromatic N) is 1. The van der Waals surface area contributed by atoms with Gasteiger partial charge in [-0.15, -0.1) is 11.3 Å². The van der Waals surface area contributed by atoms with Crippen LogP contribution in [-0.4, -0.2) is 31.0 Å². The summed E-state index contributed by atoms with van der Waals surface area (Å²) in [5, 5.41) is 4.53. The maximum absolute atomic E-state index is 5.49. The highest BCUT2D eigenvalue weighted by molar-refractivity contribution is 7.11. The van der Waals surface area contributed by atoms with Gasteiger partial charge in [0.05, 0.1) is 6.04 Å². The lowest BCUT2D eigenvalue weighted by Crippen LogP contribution is -2.33. The van der Waals surface area contributed by atoms with Crippen LogP contribution in [0.5, 0.6) is 0 Å². The molecule has 0 amide bonds. The van der Waals surface area contributed by atoms with Gasteiger partial charge in [0.1, 0.15) is 5.01 Å². The fourth-order valence-corrected chi connectivity index (χ4v) is 2.47. The molecule has 1 N–H and O–H groups in total. The van der Waals surface area contributed by atoms with Crippen molar-refractivity contribution in [1.29, 1.82) is 0 Å². The van der Waals surface area contributed by atoms with Crippen molar-refractivity contribution in [2.24, 2.45) is 0 Å². The second-order valence-corrected chi connectivity index (χ2v) is 5.14. The molecule has 1 aromatic rings. The van der Waals surface area contributed by atoms with E-state index in [2.05, 4.69) is 24.1 Å². The Hall–Kier alpha value is -0.490. The van der Waals surface area contributed by atoms with Crippen LogP contribution in [0.3, 0.4) is 0 Å². The minimum absolute atomic E-state index is 0.173. The highest BCUT2D eigenvalue weighted by atomic mass is 32.1. The first kappa shape index (κ1) is 15.6. The number of aryl methyl sites for hydroxylation is 1. The Kier molecular flexibility index (Phi) is 7.42. The van der Waals surface area contributed by atoms with Crippen LogP contribution in [-0.2, 0) is 15.9 Å². The molecule has 1 rings (SSSR count). The van der Waals surface area contributed by atoms with Gasteiger partial charge < -0.3 is 14.8 Å². The summed E-state index contributed by atoms with van der Waals surface area (Å²) in [6, 6.07) is 0.235. The van der Waals surface area contributed by atoms with Crippen molar-refractivity contribution in [2.45, 2.75) is 46.4 Å². The van der Waals surface area contributed by atoms with E-state index >= 15 is 0 Å². The maximum atomic E-state index is 5.49. The molecular weight excluding hydrogens is 248 g/mol. The summed E-state index contributed by atoms with van der Waals surface area (Å²) < 4.78 is 11.0. The number of thiazole rings is 1. The summed E-state index contributed by atoms with van der Waals surface area (Å²) in [4.78, 5) is 5.76. The molecule has 0 aromatic carbocycles. The summed E-state index contributed by atoms with van der Waals surface area (Å²) in [5.41, 5.74) is 0. The standard InChI is InChI=1S/C13H24N2O2S/c1-5-11-8-15-13(18-11)10(4)14-9-12(16-6-2)17-7-3/h8,10,12,14H,5-7,9H2,1-4H3. The van der Waals surface area contributed by atoms with Gasteiger partial charge in [0.2, 0.25) is 0 Å². The molecule has 0 bridgehead atoms. The van der Waals surface area contributed by atoms with Crippen LogP contribution >= 0.6 is 11.3 Å².